The van der Waals surface area contributed by atoms with Gasteiger partial charge in [-0.2, -0.15) is 5.26 Å². The topological polar surface area (TPSA) is 70.0 Å². The van der Waals surface area contributed by atoms with E-state index in [0.717, 1.165) is 17.7 Å². The van der Waals surface area contributed by atoms with Gasteiger partial charge in [-0.25, -0.2) is 4.98 Å². The molecule has 0 atom stereocenters. The summed E-state index contributed by atoms with van der Waals surface area (Å²) in [5.41, 5.74) is 1.58. The van der Waals surface area contributed by atoms with Crippen molar-refractivity contribution in [1.29, 1.82) is 5.26 Å². The molecular weight excluding hydrogens is 308 g/mol. The summed E-state index contributed by atoms with van der Waals surface area (Å²) in [5.74, 6) is 1.36. The second-order valence-corrected chi connectivity index (χ2v) is 5.09. The summed E-state index contributed by atoms with van der Waals surface area (Å²) in [4.78, 5) is 4.11. The third-order valence-corrected chi connectivity index (χ3v) is 3.36. The number of rotatable bonds is 6. The maximum Gasteiger partial charge on any atom is 0.171 e. The molecule has 0 radical (unpaired) electrons. The zero-order valence-electron chi connectivity index (χ0n) is 12.9. The number of anilines is 1. The Hall–Kier alpha value is -2.65. The summed E-state index contributed by atoms with van der Waals surface area (Å²) in [6.45, 7) is 3.26. The molecule has 0 bridgehead atoms. The molecule has 5 nitrogen and oxygen atoms in total. The highest BCUT2D eigenvalue weighted by molar-refractivity contribution is 7.80. The van der Waals surface area contributed by atoms with Crippen LogP contribution in [0.25, 0.3) is 0 Å². The molecule has 118 valence electrons. The number of nitrogens with one attached hydrogen (secondary N) is 2. The molecule has 1 aromatic heterocycles. The molecule has 0 amide bonds. The quantitative estimate of drug-likeness (QED) is 0.796. The fourth-order valence-electron chi connectivity index (χ4n) is 2.06. The van der Waals surface area contributed by atoms with E-state index < -0.39 is 0 Å². The van der Waals surface area contributed by atoms with Crippen molar-refractivity contribution in [2.75, 3.05) is 18.5 Å². The Bertz CT molecular complexity index is 712. The number of nitriles is 1. The van der Waals surface area contributed by atoms with E-state index in [1.807, 2.05) is 31.2 Å². The maximum absolute atomic E-state index is 9.03. The lowest BCUT2D eigenvalue weighted by atomic mass is 10.1. The molecule has 23 heavy (non-hydrogen) atoms. The first-order chi connectivity index (χ1) is 11.2. The number of para-hydroxylation sites is 1. The molecule has 0 aliphatic carbocycles. The first kappa shape index (κ1) is 16.7. The van der Waals surface area contributed by atoms with Crippen LogP contribution in [0.1, 0.15) is 18.1 Å². The fraction of sp³-hybridized carbons (Fsp3) is 0.235. The van der Waals surface area contributed by atoms with Gasteiger partial charge in [-0.3, -0.25) is 0 Å². The Morgan fingerprint density at radius 3 is 2.91 bits per heavy atom. The fourth-order valence-corrected chi connectivity index (χ4v) is 2.26. The van der Waals surface area contributed by atoms with Crippen LogP contribution in [0.4, 0.5) is 5.82 Å². The average Bonchev–Trinajstić information content (AvgIpc) is 2.57. The van der Waals surface area contributed by atoms with Crippen molar-refractivity contribution in [3.8, 4) is 11.8 Å². The van der Waals surface area contributed by atoms with Crippen LogP contribution in [-0.4, -0.2) is 23.2 Å². The van der Waals surface area contributed by atoms with Crippen LogP contribution in [0.2, 0.25) is 0 Å². The Kier molecular flexibility index (Phi) is 6.33. The van der Waals surface area contributed by atoms with E-state index >= 15 is 0 Å². The minimum atomic E-state index is 0.439. The summed E-state index contributed by atoms with van der Waals surface area (Å²) >= 11 is 5.24. The molecule has 6 heteroatoms. The lowest BCUT2D eigenvalue weighted by Crippen LogP contribution is -2.30. The first-order valence-electron chi connectivity index (χ1n) is 7.35. The second-order valence-electron chi connectivity index (χ2n) is 4.68. The van der Waals surface area contributed by atoms with Gasteiger partial charge in [0.05, 0.1) is 12.2 Å². The molecule has 0 unspecified atom stereocenters. The van der Waals surface area contributed by atoms with Gasteiger partial charge in [0.25, 0.3) is 0 Å². The van der Waals surface area contributed by atoms with E-state index in [0.29, 0.717) is 29.6 Å². The van der Waals surface area contributed by atoms with E-state index in [2.05, 4.69) is 21.7 Å². The van der Waals surface area contributed by atoms with Crippen molar-refractivity contribution in [2.24, 2.45) is 0 Å². The highest BCUT2D eigenvalue weighted by Crippen LogP contribution is 2.18. The van der Waals surface area contributed by atoms with Gasteiger partial charge < -0.3 is 15.4 Å². The van der Waals surface area contributed by atoms with E-state index in [1.165, 1.54) is 0 Å². The molecule has 0 fully saturated rings. The van der Waals surface area contributed by atoms with Crippen molar-refractivity contribution >= 4 is 23.1 Å². The van der Waals surface area contributed by atoms with Crippen molar-refractivity contribution in [3.05, 3.63) is 53.7 Å². The molecule has 1 aromatic carbocycles. The van der Waals surface area contributed by atoms with Gasteiger partial charge in [0.1, 0.15) is 17.6 Å². The number of thiocarbonyl (C=S) groups is 1. The van der Waals surface area contributed by atoms with Gasteiger partial charge in [0.2, 0.25) is 0 Å². The molecule has 0 spiro atoms. The lowest BCUT2D eigenvalue weighted by molar-refractivity contribution is 0.336. The third-order valence-electron chi connectivity index (χ3n) is 3.11. The first-order valence-corrected chi connectivity index (χ1v) is 7.76. The molecule has 1 heterocycles. The molecule has 2 aromatic rings. The van der Waals surface area contributed by atoms with E-state index in [-0.39, 0.29) is 0 Å². The smallest absolute Gasteiger partial charge is 0.171 e. The number of benzene rings is 1. The lowest BCUT2D eigenvalue weighted by Gasteiger charge is -2.12. The molecule has 2 N–H and O–H groups in total. The molecule has 0 saturated heterocycles. The van der Waals surface area contributed by atoms with Crippen LogP contribution in [0, 0.1) is 11.3 Å². The summed E-state index contributed by atoms with van der Waals surface area (Å²) in [6.07, 6.45) is 2.40. The SMILES string of the molecule is CCOc1ccccc1CCNC(=S)Nc1ncccc1C#N. The van der Waals surface area contributed by atoms with Gasteiger partial charge in [0.15, 0.2) is 5.11 Å². The maximum atomic E-state index is 9.03. The normalized spacial score (nSPS) is 9.74. The van der Waals surface area contributed by atoms with E-state index in [4.69, 9.17) is 22.2 Å². The number of nitrogens with zero attached hydrogens (tertiary/aromatic N) is 2. The van der Waals surface area contributed by atoms with Crippen LogP contribution in [-0.2, 0) is 6.42 Å². The summed E-state index contributed by atoms with van der Waals surface area (Å²) in [7, 11) is 0. The third kappa shape index (κ3) is 4.94. The zero-order valence-corrected chi connectivity index (χ0v) is 13.7. The largest absolute Gasteiger partial charge is 0.494 e. The van der Waals surface area contributed by atoms with Crippen molar-refractivity contribution in [1.82, 2.24) is 10.3 Å². The Labute approximate surface area is 141 Å². The zero-order chi connectivity index (χ0) is 16.5. The molecule has 0 aliphatic rings. The molecule has 0 aliphatic heterocycles. The van der Waals surface area contributed by atoms with Crippen LogP contribution >= 0.6 is 12.2 Å². The highest BCUT2D eigenvalue weighted by Gasteiger charge is 2.05. The number of pyridine rings is 1. The molecule has 0 saturated carbocycles. The van der Waals surface area contributed by atoms with Gasteiger partial charge >= 0.3 is 0 Å². The van der Waals surface area contributed by atoms with Gasteiger partial charge in [-0.15, -0.1) is 0 Å². The minimum Gasteiger partial charge on any atom is -0.494 e. The van der Waals surface area contributed by atoms with Crippen LogP contribution < -0.4 is 15.4 Å². The summed E-state index contributed by atoms with van der Waals surface area (Å²) in [5, 5.41) is 15.5. The number of aromatic nitrogens is 1. The monoisotopic (exact) mass is 326 g/mol. The minimum absolute atomic E-state index is 0.439. The predicted molar refractivity (Wildman–Crippen MR) is 94.5 cm³/mol. The average molecular weight is 326 g/mol. The number of hydrogen-bond donors (Lipinski definition) is 2. The number of ether oxygens (including phenoxy) is 1. The molecule has 2 rings (SSSR count). The second kappa shape index (κ2) is 8.71. The van der Waals surface area contributed by atoms with E-state index in [1.54, 1.807) is 18.3 Å². The number of hydrogen-bond acceptors (Lipinski definition) is 4. The summed E-state index contributed by atoms with van der Waals surface area (Å²) in [6, 6.07) is 13.4. The van der Waals surface area contributed by atoms with Crippen LogP contribution in [0.15, 0.2) is 42.6 Å². The Balaban J connectivity index is 1.87. The van der Waals surface area contributed by atoms with Crippen LogP contribution in [0.5, 0.6) is 5.75 Å². The van der Waals surface area contributed by atoms with Crippen molar-refractivity contribution in [3.63, 3.8) is 0 Å². The Morgan fingerprint density at radius 1 is 1.30 bits per heavy atom. The standard InChI is InChI=1S/C17H18N4OS/c1-2-22-15-8-4-3-6-13(15)9-11-20-17(23)21-16-14(12-18)7-5-10-19-16/h3-8,10H,2,9,11H2,1H3,(H2,19,20,21,23). The Morgan fingerprint density at radius 2 is 2.13 bits per heavy atom. The van der Waals surface area contributed by atoms with Crippen molar-refractivity contribution < 1.29 is 4.74 Å². The van der Waals surface area contributed by atoms with Gasteiger partial charge in [-0.05, 0) is 49.3 Å². The van der Waals surface area contributed by atoms with Gasteiger partial charge in [-0.1, -0.05) is 18.2 Å². The predicted octanol–water partition coefficient (Wildman–Crippen LogP) is 2.88. The van der Waals surface area contributed by atoms with Gasteiger partial charge in [0, 0.05) is 12.7 Å². The van der Waals surface area contributed by atoms with E-state index in [9.17, 15) is 0 Å². The van der Waals surface area contributed by atoms with Crippen molar-refractivity contribution in [2.45, 2.75) is 13.3 Å². The summed E-state index contributed by atoms with van der Waals surface area (Å²) < 4.78 is 5.60. The highest BCUT2D eigenvalue weighted by atomic mass is 32.1. The van der Waals surface area contributed by atoms with Crippen LogP contribution in [0.3, 0.4) is 0 Å². The molecular formula is C17H18N4OS.